The van der Waals surface area contributed by atoms with Crippen molar-refractivity contribution in [3.8, 4) is 22.8 Å². The van der Waals surface area contributed by atoms with Crippen LogP contribution in [0.4, 0.5) is 13.2 Å². The Morgan fingerprint density at radius 1 is 0.721 bits per heavy atom. The Morgan fingerprint density at radius 3 is 1.93 bits per heavy atom. The molecule has 1 atom stereocenters. The van der Waals surface area contributed by atoms with Crippen LogP contribution in [-0.2, 0) is 4.74 Å². The Balaban J connectivity index is 1.51. The average Bonchev–Trinajstić information content (AvgIpc) is 3.00. The number of halogens is 3. The van der Waals surface area contributed by atoms with E-state index in [2.05, 4.69) is 11.9 Å². The van der Waals surface area contributed by atoms with E-state index in [1.54, 1.807) is 12.1 Å². The number of aromatic nitrogens is 1. The van der Waals surface area contributed by atoms with Gasteiger partial charge >= 0.3 is 18.1 Å². The molecule has 232 valence electrons. The van der Waals surface area contributed by atoms with Gasteiger partial charge in [0.05, 0.1) is 23.4 Å². The van der Waals surface area contributed by atoms with Crippen molar-refractivity contribution in [2.75, 3.05) is 6.61 Å². The fourth-order valence-corrected chi connectivity index (χ4v) is 4.37. The average molecular weight is 600 g/mol. The third kappa shape index (κ3) is 11.4. The normalized spacial score (nSPS) is 12.0. The number of nitrogens with zero attached hydrogens (tertiary/aromatic N) is 1. The van der Waals surface area contributed by atoms with Crippen LogP contribution in [0.5, 0.6) is 11.5 Å². The summed E-state index contributed by atoms with van der Waals surface area (Å²) in [6, 6.07) is 16.1. The Labute approximate surface area is 251 Å². The molecule has 0 spiro atoms. The molecular weight excluding hydrogens is 559 g/mol. The van der Waals surface area contributed by atoms with Gasteiger partial charge in [-0.3, -0.25) is 4.98 Å². The van der Waals surface area contributed by atoms with Gasteiger partial charge in [-0.15, -0.1) is 0 Å². The van der Waals surface area contributed by atoms with Crippen molar-refractivity contribution >= 4 is 11.9 Å². The summed E-state index contributed by atoms with van der Waals surface area (Å²) >= 11 is 0. The Kier molecular flexibility index (Phi) is 13.5. The molecule has 1 heterocycles. The van der Waals surface area contributed by atoms with E-state index in [4.69, 9.17) is 14.2 Å². The molecule has 0 amide bonds. The van der Waals surface area contributed by atoms with Gasteiger partial charge in [-0.05, 0) is 79.9 Å². The number of hydrogen-bond donors (Lipinski definition) is 0. The molecule has 0 fully saturated rings. The number of hydrogen-bond acceptors (Lipinski definition) is 6. The summed E-state index contributed by atoms with van der Waals surface area (Å²) in [5.41, 5.74) is 1.68. The van der Waals surface area contributed by atoms with Crippen LogP contribution < -0.4 is 9.47 Å². The second-order valence-electron chi connectivity index (χ2n) is 10.4. The van der Waals surface area contributed by atoms with Gasteiger partial charge in [0.1, 0.15) is 11.5 Å². The molecule has 0 aliphatic carbocycles. The molecule has 9 heteroatoms. The molecule has 3 aromatic rings. The van der Waals surface area contributed by atoms with Crippen LogP contribution in [0, 0.1) is 0 Å². The van der Waals surface area contributed by atoms with Gasteiger partial charge in [0.25, 0.3) is 0 Å². The van der Waals surface area contributed by atoms with Crippen LogP contribution in [-0.4, -0.2) is 35.8 Å². The molecule has 1 unspecified atom stereocenters. The minimum atomic E-state index is -4.65. The zero-order valence-electron chi connectivity index (χ0n) is 24.8. The molecule has 0 aliphatic rings. The van der Waals surface area contributed by atoms with Gasteiger partial charge < -0.3 is 14.2 Å². The lowest BCUT2D eigenvalue weighted by Crippen LogP contribution is -2.33. The summed E-state index contributed by atoms with van der Waals surface area (Å²) in [4.78, 5) is 29.3. The molecule has 0 N–H and O–H groups in total. The van der Waals surface area contributed by atoms with Crippen molar-refractivity contribution in [1.29, 1.82) is 0 Å². The predicted molar refractivity (Wildman–Crippen MR) is 159 cm³/mol. The molecule has 0 saturated heterocycles. The van der Waals surface area contributed by atoms with Crippen LogP contribution >= 0.6 is 0 Å². The molecule has 43 heavy (non-hydrogen) atoms. The number of carbonyl (C=O) groups excluding carboxylic acids is 2. The van der Waals surface area contributed by atoms with Gasteiger partial charge in [-0.2, -0.15) is 13.2 Å². The lowest BCUT2D eigenvalue weighted by atomic mass is 10.1. The fourth-order valence-electron chi connectivity index (χ4n) is 4.37. The van der Waals surface area contributed by atoms with E-state index in [1.165, 1.54) is 49.7 Å². The Hall–Kier alpha value is -3.88. The van der Waals surface area contributed by atoms with Crippen LogP contribution in [0.25, 0.3) is 11.3 Å². The van der Waals surface area contributed by atoms with Crippen LogP contribution in [0.3, 0.4) is 0 Å². The first-order valence-corrected chi connectivity index (χ1v) is 15.0. The van der Waals surface area contributed by atoms with Crippen LogP contribution in [0.2, 0.25) is 0 Å². The lowest BCUT2D eigenvalue weighted by Gasteiger charge is -2.20. The summed E-state index contributed by atoms with van der Waals surface area (Å²) in [5.74, 6) is -0.835. The summed E-state index contributed by atoms with van der Waals surface area (Å²) in [5, 5.41) is 0. The fraction of sp³-hybridized carbons (Fsp3) is 0.441. The van der Waals surface area contributed by atoms with Crippen molar-refractivity contribution in [2.45, 2.75) is 90.3 Å². The number of unbranched alkanes of at least 4 members (excludes halogenated alkanes) is 7. The highest BCUT2D eigenvalue weighted by atomic mass is 19.4. The van der Waals surface area contributed by atoms with Gasteiger partial charge in [0.15, 0.2) is 6.10 Å². The quantitative estimate of drug-likeness (QED) is 0.0874. The molecule has 2 aromatic carbocycles. The first kappa shape index (κ1) is 33.6. The third-order valence-corrected chi connectivity index (χ3v) is 6.90. The van der Waals surface area contributed by atoms with Gasteiger partial charge in [0, 0.05) is 11.8 Å². The number of benzene rings is 2. The van der Waals surface area contributed by atoms with E-state index < -0.39 is 24.2 Å². The topological polar surface area (TPSA) is 74.7 Å². The zero-order chi connectivity index (χ0) is 31.1. The third-order valence-electron chi connectivity index (χ3n) is 6.90. The summed E-state index contributed by atoms with van der Waals surface area (Å²) in [6.45, 7) is 4.83. The predicted octanol–water partition coefficient (Wildman–Crippen LogP) is 9.38. The number of alkyl halides is 3. The zero-order valence-corrected chi connectivity index (χ0v) is 24.8. The maximum Gasteiger partial charge on any atom is 0.425 e. The van der Waals surface area contributed by atoms with E-state index in [-0.39, 0.29) is 23.3 Å². The van der Waals surface area contributed by atoms with E-state index in [0.717, 1.165) is 37.0 Å². The van der Waals surface area contributed by atoms with Crippen molar-refractivity contribution in [1.82, 2.24) is 4.98 Å². The summed E-state index contributed by atoms with van der Waals surface area (Å²) in [6.07, 6.45) is 2.86. The maximum atomic E-state index is 13.3. The first-order valence-electron chi connectivity index (χ1n) is 15.0. The minimum Gasteiger partial charge on any atom is -0.494 e. The van der Waals surface area contributed by atoms with Crippen molar-refractivity contribution < 1.29 is 37.0 Å². The highest BCUT2D eigenvalue weighted by Crippen LogP contribution is 2.28. The van der Waals surface area contributed by atoms with Crippen molar-refractivity contribution in [3.05, 3.63) is 78.0 Å². The Morgan fingerprint density at radius 2 is 1.33 bits per heavy atom. The van der Waals surface area contributed by atoms with E-state index in [0.29, 0.717) is 25.1 Å². The highest BCUT2D eigenvalue weighted by molar-refractivity contribution is 5.92. The second-order valence-corrected chi connectivity index (χ2v) is 10.4. The first-order chi connectivity index (χ1) is 20.7. The maximum absolute atomic E-state index is 13.3. The van der Waals surface area contributed by atoms with Crippen LogP contribution in [0.1, 0.15) is 98.8 Å². The standard InChI is InChI=1S/C34H40F3NO5/c1-3-5-7-9-11-23-41-28-18-13-25(14-19-28)30-22-17-27(24-38-30)33(40)42-29-20-15-26(16-21-29)32(39)43-31(34(35,36)37)12-10-8-6-4-2/h13-22,24,31H,3-12,23H2,1-2H3. The molecule has 0 aliphatic heterocycles. The molecule has 1 aromatic heterocycles. The number of esters is 2. The van der Waals surface area contributed by atoms with Crippen molar-refractivity contribution in [2.24, 2.45) is 0 Å². The second kappa shape index (κ2) is 17.3. The molecule has 6 nitrogen and oxygen atoms in total. The van der Waals surface area contributed by atoms with Gasteiger partial charge in [-0.1, -0.05) is 58.8 Å². The van der Waals surface area contributed by atoms with E-state index >= 15 is 0 Å². The van der Waals surface area contributed by atoms with Crippen LogP contribution in [0.15, 0.2) is 66.9 Å². The number of rotatable bonds is 17. The Bertz CT molecular complexity index is 1260. The van der Waals surface area contributed by atoms with Gasteiger partial charge in [0.2, 0.25) is 0 Å². The minimum absolute atomic E-state index is 0.0722. The molecule has 0 saturated carbocycles. The van der Waals surface area contributed by atoms with E-state index in [1.807, 2.05) is 31.2 Å². The largest absolute Gasteiger partial charge is 0.494 e. The lowest BCUT2D eigenvalue weighted by molar-refractivity contribution is -0.206. The molecule has 3 rings (SSSR count). The summed E-state index contributed by atoms with van der Waals surface area (Å²) < 4.78 is 56.0. The SMILES string of the molecule is CCCCCCCOc1ccc(-c2ccc(C(=O)Oc3ccc(C(=O)OC(CCCCCC)C(F)(F)F)cc3)cn2)cc1. The number of carbonyl (C=O) groups is 2. The number of ether oxygens (including phenoxy) is 3. The smallest absolute Gasteiger partial charge is 0.425 e. The number of pyridine rings is 1. The van der Waals surface area contributed by atoms with E-state index in [9.17, 15) is 22.8 Å². The molecule has 0 radical (unpaired) electrons. The molecular formula is C34H40F3NO5. The molecule has 0 bridgehead atoms. The highest BCUT2D eigenvalue weighted by Gasteiger charge is 2.42. The van der Waals surface area contributed by atoms with Gasteiger partial charge in [-0.25, -0.2) is 9.59 Å². The monoisotopic (exact) mass is 599 g/mol. The summed E-state index contributed by atoms with van der Waals surface area (Å²) in [7, 11) is 0. The van der Waals surface area contributed by atoms with Crippen molar-refractivity contribution in [3.63, 3.8) is 0 Å².